The average Bonchev–Trinajstić information content (AvgIpc) is 3.19. The zero-order valence-corrected chi connectivity index (χ0v) is 13.6. The van der Waals surface area contributed by atoms with Gasteiger partial charge in [0.15, 0.2) is 11.5 Å². The van der Waals surface area contributed by atoms with Crippen LogP contribution in [0.2, 0.25) is 0 Å². The minimum Gasteiger partial charge on any atom is -0.335 e. The third kappa shape index (κ3) is 2.83. The number of hydrogen-bond donors (Lipinski definition) is 1. The van der Waals surface area contributed by atoms with Crippen molar-refractivity contribution in [2.45, 2.75) is 16.4 Å². The molecule has 0 saturated carbocycles. The summed E-state index contributed by atoms with van der Waals surface area (Å²) in [5.41, 5.74) is 1.30. The van der Waals surface area contributed by atoms with Crippen LogP contribution in [0.3, 0.4) is 0 Å². The fourth-order valence-corrected chi connectivity index (χ4v) is 2.94. The van der Waals surface area contributed by atoms with Crippen LogP contribution >= 0.6 is 11.8 Å². The van der Waals surface area contributed by atoms with Crippen LogP contribution in [0.5, 0.6) is 0 Å². The molecule has 1 aromatic carbocycles. The number of rotatable bonds is 3. The number of nitrogens with zero attached hydrogens (tertiary/aromatic N) is 7. The van der Waals surface area contributed by atoms with Crippen molar-refractivity contribution in [3.63, 3.8) is 0 Å². The molecule has 4 rings (SSSR count). The van der Waals surface area contributed by atoms with Gasteiger partial charge in [-0.25, -0.2) is 4.68 Å². The Labute approximate surface area is 147 Å². The van der Waals surface area contributed by atoms with Crippen molar-refractivity contribution < 1.29 is 13.2 Å². The Hall–Kier alpha value is -3.15. The molecule has 2 N–H and O–H groups in total. The topological polar surface area (TPSA) is 99.8 Å². The molecule has 0 aliphatic carbocycles. The van der Waals surface area contributed by atoms with E-state index in [2.05, 4.69) is 25.5 Å². The van der Waals surface area contributed by atoms with Gasteiger partial charge < -0.3 is 5.84 Å². The maximum atomic E-state index is 12.8. The monoisotopic (exact) mass is 378 g/mol. The van der Waals surface area contributed by atoms with Gasteiger partial charge in [-0.3, -0.25) is 0 Å². The summed E-state index contributed by atoms with van der Waals surface area (Å²) >= 11 is 0.850. The minimum atomic E-state index is -4.69. The first kappa shape index (κ1) is 16.3. The van der Waals surface area contributed by atoms with Gasteiger partial charge >= 0.3 is 6.18 Å². The molecule has 0 bridgehead atoms. The summed E-state index contributed by atoms with van der Waals surface area (Å²) in [5, 5.41) is 19.3. The molecule has 0 radical (unpaired) electrons. The van der Waals surface area contributed by atoms with E-state index < -0.39 is 12.0 Å². The highest BCUT2D eigenvalue weighted by molar-refractivity contribution is 7.99. The summed E-state index contributed by atoms with van der Waals surface area (Å²) in [4.78, 5) is 0. The van der Waals surface area contributed by atoms with Crippen LogP contribution < -0.4 is 5.84 Å². The van der Waals surface area contributed by atoms with E-state index in [-0.39, 0.29) is 5.16 Å². The van der Waals surface area contributed by atoms with Crippen molar-refractivity contribution in [3.8, 4) is 11.4 Å². The van der Waals surface area contributed by atoms with Gasteiger partial charge in [-0.15, -0.1) is 20.4 Å². The van der Waals surface area contributed by atoms with E-state index in [1.54, 1.807) is 12.1 Å². The Kier molecular flexibility index (Phi) is 3.76. The number of benzene rings is 1. The van der Waals surface area contributed by atoms with Crippen molar-refractivity contribution in [2.24, 2.45) is 0 Å². The van der Waals surface area contributed by atoms with Gasteiger partial charge in [0.25, 0.3) is 5.82 Å². The molecule has 4 aromatic rings. The van der Waals surface area contributed by atoms with E-state index >= 15 is 0 Å². The third-order valence-corrected chi connectivity index (χ3v) is 4.27. The second-order valence-electron chi connectivity index (χ2n) is 5.11. The molecule has 12 heteroatoms. The van der Waals surface area contributed by atoms with E-state index in [0.29, 0.717) is 21.2 Å². The van der Waals surface area contributed by atoms with Crippen LogP contribution in [0.1, 0.15) is 5.82 Å². The van der Waals surface area contributed by atoms with Crippen LogP contribution in [0, 0.1) is 0 Å². The van der Waals surface area contributed by atoms with Gasteiger partial charge in [-0.1, -0.05) is 30.3 Å². The number of alkyl halides is 3. The lowest BCUT2D eigenvalue weighted by Crippen LogP contribution is -2.21. The lowest BCUT2D eigenvalue weighted by Gasteiger charge is -2.06. The molecule has 26 heavy (non-hydrogen) atoms. The van der Waals surface area contributed by atoms with E-state index in [0.717, 1.165) is 17.3 Å². The van der Waals surface area contributed by atoms with Gasteiger partial charge in [-0.2, -0.15) is 22.8 Å². The summed E-state index contributed by atoms with van der Waals surface area (Å²) < 4.78 is 40.2. The molecular weight excluding hydrogens is 369 g/mol. The first-order chi connectivity index (χ1) is 12.4. The summed E-state index contributed by atoms with van der Waals surface area (Å²) in [6.45, 7) is 0. The summed E-state index contributed by atoms with van der Waals surface area (Å²) in [6, 6.07) is 12.5. The number of fused-ring (bicyclic) bond motifs is 1. The van der Waals surface area contributed by atoms with E-state index in [9.17, 15) is 13.2 Å². The average molecular weight is 378 g/mol. The molecule has 0 spiro atoms. The molecule has 0 amide bonds. The second kappa shape index (κ2) is 5.98. The predicted octanol–water partition coefficient (Wildman–Crippen LogP) is 2.27. The lowest BCUT2D eigenvalue weighted by atomic mass is 10.2. The molecular formula is C14H9F3N8S. The Morgan fingerprint density at radius 1 is 0.923 bits per heavy atom. The highest BCUT2D eigenvalue weighted by atomic mass is 32.2. The lowest BCUT2D eigenvalue weighted by molar-refractivity contribution is -0.146. The maximum absolute atomic E-state index is 12.8. The minimum absolute atomic E-state index is 0.140. The van der Waals surface area contributed by atoms with Crippen LogP contribution in [0.25, 0.3) is 17.0 Å². The van der Waals surface area contributed by atoms with Crippen LogP contribution in [-0.2, 0) is 6.18 Å². The molecule has 132 valence electrons. The van der Waals surface area contributed by atoms with Gasteiger partial charge in [-0.05, 0) is 23.9 Å². The fraction of sp³-hybridized carbons (Fsp3) is 0.0714. The maximum Gasteiger partial charge on any atom is 0.453 e. The van der Waals surface area contributed by atoms with Crippen molar-refractivity contribution in [2.75, 3.05) is 5.84 Å². The SMILES string of the molecule is Nn1c(Sc2ccc3nnc(-c4ccccc4)n3n2)nnc1C(F)(F)F. The third-order valence-electron chi connectivity index (χ3n) is 3.38. The fourth-order valence-electron chi connectivity index (χ4n) is 2.23. The van der Waals surface area contributed by atoms with E-state index in [1.165, 1.54) is 4.52 Å². The molecule has 8 nitrogen and oxygen atoms in total. The van der Waals surface area contributed by atoms with Gasteiger partial charge in [0.05, 0.1) is 0 Å². The summed E-state index contributed by atoms with van der Waals surface area (Å²) in [6.07, 6.45) is -4.69. The van der Waals surface area contributed by atoms with Crippen molar-refractivity contribution in [1.82, 2.24) is 34.7 Å². The van der Waals surface area contributed by atoms with Crippen molar-refractivity contribution >= 4 is 17.4 Å². The first-order valence-electron chi connectivity index (χ1n) is 7.17. The van der Waals surface area contributed by atoms with E-state index in [1.807, 2.05) is 30.3 Å². The second-order valence-corrected chi connectivity index (χ2v) is 6.09. The normalized spacial score (nSPS) is 12.0. The van der Waals surface area contributed by atoms with Crippen LogP contribution in [0.15, 0.2) is 52.6 Å². The molecule has 3 heterocycles. The number of hydrogen-bond acceptors (Lipinski definition) is 7. The largest absolute Gasteiger partial charge is 0.453 e. The van der Waals surface area contributed by atoms with Crippen molar-refractivity contribution in [1.29, 1.82) is 0 Å². The van der Waals surface area contributed by atoms with Gasteiger partial charge in [0.2, 0.25) is 5.16 Å². The summed E-state index contributed by atoms with van der Waals surface area (Å²) in [7, 11) is 0. The zero-order chi connectivity index (χ0) is 18.3. The molecule has 0 saturated heterocycles. The molecule has 0 unspecified atom stereocenters. The Morgan fingerprint density at radius 2 is 1.69 bits per heavy atom. The Bertz CT molecular complexity index is 1070. The molecule has 0 atom stereocenters. The van der Waals surface area contributed by atoms with Crippen LogP contribution in [0.4, 0.5) is 13.2 Å². The van der Waals surface area contributed by atoms with Gasteiger partial charge in [0.1, 0.15) is 5.03 Å². The highest BCUT2D eigenvalue weighted by Gasteiger charge is 2.38. The standard InChI is InChI=1S/C14H9F3N8S/c15-14(16,17)12-21-22-13(24(12)18)26-10-7-6-9-19-20-11(25(9)23-10)8-4-2-1-3-5-8/h1-7H,18H2. The smallest absolute Gasteiger partial charge is 0.335 e. The first-order valence-corrected chi connectivity index (χ1v) is 7.98. The highest BCUT2D eigenvalue weighted by Crippen LogP contribution is 2.31. The summed E-state index contributed by atoms with van der Waals surface area (Å²) in [5.74, 6) is 4.67. The molecule has 3 aromatic heterocycles. The predicted molar refractivity (Wildman–Crippen MR) is 85.5 cm³/mol. The van der Waals surface area contributed by atoms with E-state index in [4.69, 9.17) is 5.84 Å². The van der Waals surface area contributed by atoms with Crippen LogP contribution in [-0.4, -0.2) is 34.7 Å². The zero-order valence-electron chi connectivity index (χ0n) is 12.8. The Morgan fingerprint density at radius 3 is 2.38 bits per heavy atom. The number of nitrogen functional groups attached to an aromatic ring is 1. The number of aromatic nitrogens is 7. The molecule has 0 aliphatic heterocycles. The van der Waals surface area contributed by atoms with Gasteiger partial charge in [0, 0.05) is 5.56 Å². The molecule has 0 aliphatic rings. The van der Waals surface area contributed by atoms with Crippen molar-refractivity contribution in [3.05, 3.63) is 48.3 Å². The Balaban J connectivity index is 1.71. The number of nitrogens with two attached hydrogens (primary N) is 1. The molecule has 0 fully saturated rings. The quantitative estimate of drug-likeness (QED) is 0.546. The number of halogens is 3.